The first-order valence-corrected chi connectivity index (χ1v) is 6.07. The van der Waals surface area contributed by atoms with E-state index in [1.165, 1.54) is 6.08 Å². The number of carbonyl (C=O) groups is 1. The third kappa shape index (κ3) is 2.81. The highest BCUT2D eigenvalue weighted by Crippen LogP contribution is 2.08. The fraction of sp³-hybridized carbons (Fsp3) is 0.625. The molecule has 0 saturated carbocycles. The second-order valence-electron chi connectivity index (χ2n) is 3.41. The molecule has 0 bridgehead atoms. The maximum Gasteiger partial charge on any atom is 0.224 e. The summed E-state index contributed by atoms with van der Waals surface area (Å²) in [5.74, 6) is -0.540. The third-order valence-electron chi connectivity index (χ3n) is 2.06. The van der Waals surface area contributed by atoms with Gasteiger partial charge in [0.05, 0.1) is 11.8 Å². The number of hydrogen-bond donors (Lipinski definition) is 2. The van der Waals surface area contributed by atoms with E-state index in [2.05, 4.69) is 5.32 Å². The van der Waals surface area contributed by atoms with Crippen molar-refractivity contribution < 1.29 is 13.2 Å². The van der Waals surface area contributed by atoms with Crippen molar-refractivity contribution in [3.8, 4) is 0 Å². The Morgan fingerprint density at radius 2 is 2.36 bits per heavy atom. The molecule has 2 atom stereocenters. The molecule has 0 saturated heterocycles. The standard InChI is InChI=1S/C8H14N2O3S/c1-6(4-9)8(11)10-7-2-3-14(12,13)5-7/h2-3,6-7H,4-5,9H2,1H3,(H,10,11). The van der Waals surface area contributed by atoms with Crippen molar-refractivity contribution in [2.75, 3.05) is 12.3 Å². The highest BCUT2D eigenvalue weighted by molar-refractivity contribution is 7.94. The van der Waals surface area contributed by atoms with Crippen LogP contribution in [-0.4, -0.2) is 32.7 Å². The summed E-state index contributed by atoms with van der Waals surface area (Å²) in [7, 11) is -3.10. The van der Waals surface area contributed by atoms with E-state index in [1.54, 1.807) is 6.92 Å². The molecule has 1 amide bonds. The molecule has 2 unspecified atom stereocenters. The van der Waals surface area contributed by atoms with Gasteiger partial charge in [0.1, 0.15) is 0 Å². The van der Waals surface area contributed by atoms with Crippen molar-refractivity contribution in [2.45, 2.75) is 13.0 Å². The molecule has 0 spiro atoms. The van der Waals surface area contributed by atoms with Crippen molar-refractivity contribution in [2.24, 2.45) is 11.7 Å². The first-order chi connectivity index (χ1) is 6.44. The lowest BCUT2D eigenvalue weighted by atomic mass is 10.1. The molecule has 0 fully saturated rings. The summed E-state index contributed by atoms with van der Waals surface area (Å²) in [6, 6.07) is -0.401. The molecule has 0 radical (unpaired) electrons. The van der Waals surface area contributed by atoms with Gasteiger partial charge in [-0.3, -0.25) is 4.79 Å². The summed E-state index contributed by atoms with van der Waals surface area (Å²) in [5.41, 5.74) is 5.30. The number of amides is 1. The van der Waals surface area contributed by atoms with Crippen LogP contribution in [0.5, 0.6) is 0 Å². The van der Waals surface area contributed by atoms with Crippen LogP contribution in [0.2, 0.25) is 0 Å². The Morgan fingerprint density at radius 3 is 2.79 bits per heavy atom. The van der Waals surface area contributed by atoms with Gasteiger partial charge in [0, 0.05) is 17.9 Å². The van der Waals surface area contributed by atoms with Crippen molar-refractivity contribution in [3.63, 3.8) is 0 Å². The van der Waals surface area contributed by atoms with Crippen LogP contribution in [0, 0.1) is 5.92 Å². The zero-order valence-corrected chi connectivity index (χ0v) is 8.75. The molecule has 80 valence electrons. The summed E-state index contributed by atoms with van der Waals surface area (Å²) in [5, 5.41) is 3.73. The first kappa shape index (κ1) is 11.2. The van der Waals surface area contributed by atoms with Crippen molar-refractivity contribution in [1.82, 2.24) is 5.32 Å². The predicted octanol–water partition coefficient (Wildman–Crippen LogP) is -0.992. The van der Waals surface area contributed by atoms with Crippen LogP contribution in [0.25, 0.3) is 0 Å². The van der Waals surface area contributed by atoms with Crippen LogP contribution in [0.1, 0.15) is 6.92 Å². The Bertz CT molecular complexity index is 348. The largest absolute Gasteiger partial charge is 0.349 e. The van der Waals surface area contributed by atoms with Crippen LogP contribution in [-0.2, 0) is 14.6 Å². The highest BCUT2D eigenvalue weighted by atomic mass is 32.2. The van der Waals surface area contributed by atoms with E-state index < -0.39 is 15.9 Å². The van der Waals surface area contributed by atoms with E-state index in [4.69, 9.17) is 5.73 Å². The molecule has 5 nitrogen and oxygen atoms in total. The molecule has 1 aliphatic rings. The van der Waals surface area contributed by atoms with Crippen LogP contribution < -0.4 is 11.1 Å². The Hall–Kier alpha value is -0.880. The summed E-state index contributed by atoms with van der Waals surface area (Å²) >= 11 is 0. The van der Waals surface area contributed by atoms with Crippen LogP contribution in [0.3, 0.4) is 0 Å². The lowest BCUT2D eigenvalue weighted by Crippen LogP contribution is -2.40. The van der Waals surface area contributed by atoms with Gasteiger partial charge in [-0.1, -0.05) is 6.92 Å². The lowest BCUT2D eigenvalue weighted by molar-refractivity contribution is -0.124. The average molecular weight is 218 g/mol. The SMILES string of the molecule is CC(CN)C(=O)NC1C=CS(=O)(=O)C1. The third-order valence-corrected chi connectivity index (χ3v) is 3.45. The summed E-state index contributed by atoms with van der Waals surface area (Å²) in [6.45, 7) is 1.96. The smallest absolute Gasteiger partial charge is 0.224 e. The van der Waals surface area contributed by atoms with Gasteiger partial charge in [-0.15, -0.1) is 0 Å². The maximum absolute atomic E-state index is 11.3. The Labute approximate surface area is 83.3 Å². The molecule has 14 heavy (non-hydrogen) atoms. The van der Waals surface area contributed by atoms with Gasteiger partial charge in [0.2, 0.25) is 5.91 Å². The Balaban J connectivity index is 2.49. The molecule has 0 aromatic carbocycles. The average Bonchev–Trinajstić information content (AvgIpc) is 2.44. The Kier molecular flexibility index (Phi) is 3.28. The molecule has 0 aliphatic carbocycles. The molecule has 6 heteroatoms. The number of carbonyl (C=O) groups excluding carboxylic acids is 1. The minimum atomic E-state index is -3.10. The van der Waals surface area contributed by atoms with Crippen molar-refractivity contribution in [1.29, 1.82) is 0 Å². The van der Waals surface area contributed by atoms with Gasteiger partial charge in [-0.25, -0.2) is 8.42 Å². The number of nitrogens with one attached hydrogen (secondary N) is 1. The number of nitrogens with two attached hydrogens (primary N) is 1. The maximum atomic E-state index is 11.3. The van der Waals surface area contributed by atoms with Crippen LogP contribution in [0.4, 0.5) is 0 Å². The van der Waals surface area contributed by atoms with Gasteiger partial charge in [0.25, 0.3) is 0 Å². The van der Waals surface area contributed by atoms with Gasteiger partial charge >= 0.3 is 0 Å². The normalized spacial score (nSPS) is 26.0. The monoisotopic (exact) mass is 218 g/mol. The molecule has 1 rings (SSSR count). The van der Waals surface area contributed by atoms with E-state index in [0.717, 1.165) is 5.41 Å². The van der Waals surface area contributed by atoms with Gasteiger partial charge in [-0.2, -0.15) is 0 Å². The number of sulfone groups is 1. The van der Waals surface area contributed by atoms with Crippen molar-refractivity contribution in [3.05, 3.63) is 11.5 Å². The molecule has 0 aromatic heterocycles. The lowest BCUT2D eigenvalue weighted by Gasteiger charge is -2.13. The number of rotatable bonds is 3. The molecule has 1 heterocycles. The van der Waals surface area contributed by atoms with Gasteiger partial charge in [-0.05, 0) is 6.08 Å². The van der Waals surface area contributed by atoms with Crippen LogP contribution >= 0.6 is 0 Å². The fourth-order valence-electron chi connectivity index (χ4n) is 1.10. The minimum Gasteiger partial charge on any atom is -0.349 e. The van der Waals surface area contributed by atoms with Crippen LogP contribution in [0.15, 0.2) is 11.5 Å². The Morgan fingerprint density at radius 1 is 1.71 bits per heavy atom. The second kappa shape index (κ2) is 4.10. The molecule has 3 N–H and O–H groups in total. The van der Waals surface area contributed by atoms with E-state index in [9.17, 15) is 13.2 Å². The van der Waals surface area contributed by atoms with E-state index in [1.807, 2.05) is 0 Å². The van der Waals surface area contributed by atoms with Crippen molar-refractivity contribution >= 4 is 15.7 Å². The summed E-state index contributed by atoms with van der Waals surface area (Å²) in [6.07, 6.45) is 1.48. The summed E-state index contributed by atoms with van der Waals surface area (Å²) in [4.78, 5) is 11.3. The summed E-state index contributed by atoms with van der Waals surface area (Å²) < 4.78 is 22.0. The highest BCUT2D eigenvalue weighted by Gasteiger charge is 2.24. The zero-order valence-electron chi connectivity index (χ0n) is 7.93. The van der Waals surface area contributed by atoms with Gasteiger partial charge < -0.3 is 11.1 Å². The zero-order chi connectivity index (χ0) is 10.8. The fourth-order valence-corrected chi connectivity index (χ4v) is 2.33. The number of hydrogen-bond acceptors (Lipinski definition) is 4. The molecule has 1 aliphatic heterocycles. The topological polar surface area (TPSA) is 89.3 Å². The van der Waals surface area contributed by atoms with E-state index in [-0.39, 0.29) is 24.1 Å². The molecular weight excluding hydrogens is 204 g/mol. The molecule has 0 aromatic rings. The van der Waals surface area contributed by atoms with E-state index >= 15 is 0 Å². The first-order valence-electron chi connectivity index (χ1n) is 4.36. The minimum absolute atomic E-state index is 0.0456. The predicted molar refractivity (Wildman–Crippen MR) is 53.1 cm³/mol. The van der Waals surface area contributed by atoms with E-state index in [0.29, 0.717) is 0 Å². The quantitative estimate of drug-likeness (QED) is 0.636. The van der Waals surface area contributed by atoms with Gasteiger partial charge in [0.15, 0.2) is 9.84 Å². The molecular formula is C8H14N2O3S. The second-order valence-corrected chi connectivity index (χ2v) is 5.34.